The summed E-state index contributed by atoms with van der Waals surface area (Å²) in [7, 11) is -2.17. The van der Waals surface area contributed by atoms with E-state index in [9.17, 15) is 9.95 Å². The number of hydrogen-bond acceptors (Lipinski definition) is 3. The van der Waals surface area contributed by atoms with Gasteiger partial charge in [-0.25, -0.2) is 0 Å². The van der Waals surface area contributed by atoms with Crippen LogP contribution in [0.4, 0.5) is 9.95 Å². The SMILES string of the molecule is OB(O)O.[F][Zn+].[F][Zn+].[F][Zn+].[NH2-].[NH2-].[NH2-]. The third-order valence-corrected chi connectivity index (χ3v) is 0. The molecule has 6 nitrogen and oxygen atoms in total. The topological polar surface area (TPSA) is 161 Å². The zero-order valence-corrected chi connectivity index (χ0v) is 15.8. The van der Waals surface area contributed by atoms with Gasteiger partial charge in [0.2, 0.25) is 0 Å². The van der Waals surface area contributed by atoms with Gasteiger partial charge in [-0.1, -0.05) is 0 Å². The van der Waals surface area contributed by atoms with Crippen LogP contribution in [0.2, 0.25) is 0 Å². The van der Waals surface area contributed by atoms with Gasteiger partial charge in [-0.3, -0.25) is 0 Å². The van der Waals surface area contributed by atoms with Gasteiger partial charge in [0.15, 0.2) is 0 Å². The van der Waals surface area contributed by atoms with Crippen molar-refractivity contribution in [3.05, 3.63) is 18.5 Å². The van der Waals surface area contributed by atoms with Crippen LogP contribution in [0.25, 0.3) is 18.5 Å². The molecule has 0 aromatic carbocycles. The van der Waals surface area contributed by atoms with Crippen LogP contribution in [0.3, 0.4) is 0 Å². The summed E-state index contributed by atoms with van der Waals surface area (Å²) >= 11 is -0.375. The van der Waals surface area contributed by atoms with Crippen LogP contribution in [0.1, 0.15) is 0 Å². The molecule has 0 spiro atoms. The Bertz CT molecular complexity index is 33.8. The Kier molecular flexibility index (Phi) is 378. The minimum absolute atomic E-state index is 0. The summed E-state index contributed by atoms with van der Waals surface area (Å²) in [6, 6.07) is 0. The van der Waals surface area contributed by atoms with Gasteiger partial charge in [0.1, 0.15) is 0 Å². The van der Waals surface area contributed by atoms with E-state index in [1.165, 1.54) is 0 Å². The number of nitrogens with two attached hydrogens (primary N) is 3. The van der Waals surface area contributed by atoms with Crippen molar-refractivity contribution in [2.45, 2.75) is 0 Å². The molecule has 72 valence electrons. The van der Waals surface area contributed by atoms with Crippen molar-refractivity contribution in [2.24, 2.45) is 0 Å². The van der Waals surface area contributed by atoms with Crippen LogP contribution in [0.5, 0.6) is 0 Å². The maximum atomic E-state index is 9.62. The third kappa shape index (κ3) is 807. The van der Waals surface area contributed by atoms with Crippen LogP contribution in [-0.4, -0.2) is 22.4 Å². The minimum Gasteiger partial charge on any atom is -0.693 e. The van der Waals surface area contributed by atoms with Crippen molar-refractivity contribution >= 4 is 7.32 Å². The molecule has 13 heavy (non-hydrogen) atoms. The molecule has 0 atom stereocenters. The van der Waals surface area contributed by atoms with Gasteiger partial charge in [0, 0.05) is 0 Å². The first kappa shape index (κ1) is 47.0. The maximum absolute atomic E-state index is 9.62. The van der Waals surface area contributed by atoms with Gasteiger partial charge in [-0.2, -0.15) is 0 Å². The first-order valence-corrected chi connectivity index (χ1v) is 4.94. The summed E-state index contributed by atoms with van der Waals surface area (Å²) < 4.78 is 28.9. The fourth-order valence-corrected chi connectivity index (χ4v) is 0. The van der Waals surface area contributed by atoms with Crippen molar-refractivity contribution in [3.63, 3.8) is 0 Å². The smallest absolute Gasteiger partial charge is 0.693 e. The van der Waals surface area contributed by atoms with Crippen LogP contribution in [0.15, 0.2) is 0 Å². The fraction of sp³-hybridized carbons (Fsp3) is 0. The summed E-state index contributed by atoms with van der Waals surface area (Å²) in [4.78, 5) is 0. The Morgan fingerprint density at radius 2 is 0.615 bits per heavy atom. The van der Waals surface area contributed by atoms with Gasteiger partial charge >= 0.3 is 73.7 Å². The number of hydrogen-bond donors (Lipinski definition) is 3. The van der Waals surface area contributed by atoms with E-state index in [0.29, 0.717) is 0 Å². The summed E-state index contributed by atoms with van der Waals surface area (Å²) in [6.07, 6.45) is 0. The van der Waals surface area contributed by atoms with Crippen LogP contribution >= 0.6 is 0 Å². The molecule has 0 aliphatic rings. The van der Waals surface area contributed by atoms with Crippen LogP contribution < -0.4 is 0 Å². The summed E-state index contributed by atoms with van der Waals surface area (Å²) in [6.45, 7) is 0. The molecule has 0 radical (unpaired) electrons. The van der Waals surface area contributed by atoms with Crippen molar-refractivity contribution in [3.8, 4) is 0 Å². The van der Waals surface area contributed by atoms with E-state index in [4.69, 9.17) is 15.1 Å². The molecule has 0 aliphatic carbocycles. The van der Waals surface area contributed by atoms with Gasteiger partial charge in [0.05, 0.1) is 0 Å². The van der Waals surface area contributed by atoms with Gasteiger partial charge in [-0.05, 0) is 0 Å². The zero-order valence-electron chi connectivity index (χ0n) is 6.91. The van der Waals surface area contributed by atoms with Gasteiger partial charge in [-0.15, -0.1) is 0 Å². The van der Waals surface area contributed by atoms with E-state index in [1.807, 2.05) is 0 Å². The molecule has 13 heteroatoms. The van der Waals surface area contributed by atoms with Crippen LogP contribution in [-0.2, 0) is 56.4 Å². The standard InChI is InChI=1S/BH3O3.3FH.3H2N.3Zn/c2-1(3)4;;;;;;;;;/h2-4H;3*1H;3*1H2;;;/q;;;;3*-1;3*+2/p-3. The Labute approximate surface area is 107 Å². The summed E-state index contributed by atoms with van der Waals surface area (Å²) in [5.74, 6) is 0. The van der Waals surface area contributed by atoms with E-state index < -0.39 is 7.32 Å². The molecule has 0 fully saturated rings. The second-order valence-electron chi connectivity index (χ2n) is 0.346. The fourth-order valence-electron chi connectivity index (χ4n) is 0. The quantitative estimate of drug-likeness (QED) is 0.555. The monoisotopic (exact) mass is 359 g/mol. The molecule has 0 heterocycles. The largest absolute Gasteiger partial charge is 0.693 e. The number of halogens is 3. The van der Waals surface area contributed by atoms with Crippen LogP contribution in [0, 0.1) is 0 Å². The molecular weight excluding hydrogens is 354 g/mol. The molecule has 0 unspecified atom stereocenters. The van der Waals surface area contributed by atoms with Gasteiger partial charge in [0.25, 0.3) is 0 Å². The molecular formula is H9BF3N3O3Zn3. The first-order chi connectivity index (χ1) is 4.73. The molecule has 0 aromatic heterocycles. The van der Waals surface area contributed by atoms with E-state index in [1.54, 1.807) is 0 Å². The first-order valence-electron chi connectivity index (χ1n) is 1.58. The molecule has 0 saturated heterocycles. The van der Waals surface area contributed by atoms with Crippen molar-refractivity contribution in [1.82, 2.24) is 0 Å². The van der Waals surface area contributed by atoms with E-state index in [0.717, 1.165) is 0 Å². The maximum Gasteiger partial charge on any atom is -0.693 e. The van der Waals surface area contributed by atoms with Crippen molar-refractivity contribution in [2.75, 3.05) is 0 Å². The second kappa shape index (κ2) is 104. The Balaban J connectivity index is -0.00000000727. The zero-order chi connectivity index (χ0) is 9.58. The van der Waals surface area contributed by atoms with E-state index >= 15 is 0 Å². The van der Waals surface area contributed by atoms with Crippen molar-refractivity contribution < 1.29 is 81.4 Å². The second-order valence-corrected chi connectivity index (χ2v) is 0.346. The molecule has 0 bridgehead atoms. The summed E-state index contributed by atoms with van der Waals surface area (Å²) in [5, 5.41) is 21.5. The Hall–Kier alpha value is 1.49. The minimum atomic E-state index is -2.17. The predicted octanol–water partition coefficient (Wildman–Crippen LogP) is 1.35. The predicted molar refractivity (Wildman–Crippen MR) is 31.6 cm³/mol. The molecule has 0 saturated carbocycles. The molecule has 0 aromatic rings. The number of rotatable bonds is 0. The Morgan fingerprint density at radius 3 is 0.615 bits per heavy atom. The average Bonchev–Trinajstić information content (AvgIpc) is 1.98. The van der Waals surface area contributed by atoms with E-state index in [-0.39, 0.29) is 74.9 Å². The summed E-state index contributed by atoms with van der Waals surface area (Å²) in [5.41, 5.74) is 0. The molecule has 0 amide bonds. The molecule has 9 N–H and O–H groups in total. The van der Waals surface area contributed by atoms with E-state index in [2.05, 4.69) is 0 Å². The Morgan fingerprint density at radius 1 is 0.615 bits per heavy atom. The molecule has 0 rings (SSSR count). The van der Waals surface area contributed by atoms with Crippen molar-refractivity contribution in [1.29, 1.82) is 0 Å². The third-order valence-electron chi connectivity index (χ3n) is 0. The average molecular weight is 363 g/mol. The van der Waals surface area contributed by atoms with Gasteiger partial charge < -0.3 is 33.5 Å². The normalized spacial score (nSPS) is 3.69. The molecule has 0 aliphatic heterocycles.